The summed E-state index contributed by atoms with van der Waals surface area (Å²) in [7, 11) is 0. The molecule has 1 aliphatic rings. The van der Waals surface area contributed by atoms with Crippen LogP contribution in [0.1, 0.15) is 26.7 Å². The second kappa shape index (κ2) is 4.00. The fourth-order valence-electron chi connectivity index (χ4n) is 1.17. The molecule has 0 aromatic heterocycles. The van der Waals surface area contributed by atoms with Gasteiger partial charge in [-0.15, -0.1) is 5.73 Å². The monoisotopic (exact) mass is 146 g/mol. The van der Waals surface area contributed by atoms with Gasteiger partial charge in [-0.1, -0.05) is 25.5 Å². The van der Waals surface area contributed by atoms with Crippen LogP contribution >= 0.6 is 0 Å². The Kier molecular flexibility index (Phi) is 2.95. The smallest absolute Gasteiger partial charge is 0.0197 e. The molecule has 0 N–H and O–H groups in total. The summed E-state index contributed by atoms with van der Waals surface area (Å²) in [5.41, 5.74) is 5.87. The van der Waals surface area contributed by atoms with Crippen molar-refractivity contribution in [3.05, 3.63) is 41.2 Å². The first kappa shape index (κ1) is 8.10. The van der Waals surface area contributed by atoms with Crippen LogP contribution < -0.4 is 0 Å². The summed E-state index contributed by atoms with van der Waals surface area (Å²) in [4.78, 5) is 0. The predicted molar refractivity (Wildman–Crippen MR) is 49.4 cm³/mol. The molecule has 0 saturated heterocycles. The maximum atomic E-state index is 3.06. The number of hydrogen-bond acceptors (Lipinski definition) is 0. The van der Waals surface area contributed by atoms with Crippen molar-refractivity contribution in [2.75, 3.05) is 0 Å². The highest BCUT2D eigenvalue weighted by Gasteiger charge is 1.97. The second-order valence-electron chi connectivity index (χ2n) is 2.79. The van der Waals surface area contributed by atoms with Crippen molar-refractivity contribution < 1.29 is 0 Å². The molecule has 0 atom stereocenters. The van der Waals surface area contributed by atoms with E-state index in [1.165, 1.54) is 24.0 Å². The Balaban J connectivity index is 2.79. The van der Waals surface area contributed by atoms with Crippen molar-refractivity contribution in [3.63, 3.8) is 0 Å². The highest BCUT2D eigenvalue weighted by Crippen LogP contribution is 2.16. The Bertz CT molecular complexity index is 245. The number of allylic oxidation sites excluding steroid dienone is 5. The van der Waals surface area contributed by atoms with Gasteiger partial charge in [0.1, 0.15) is 0 Å². The molecular weight excluding hydrogens is 132 g/mol. The van der Waals surface area contributed by atoms with Crippen LogP contribution in [0.5, 0.6) is 0 Å². The maximum Gasteiger partial charge on any atom is -0.0197 e. The molecule has 0 radical (unpaired) electrons. The summed E-state index contributed by atoms with van der Waals surface area (Å²) >= 11 is 0. The van der Waals surface area contributed by atoms with E-state index in [2.05, 4.69) is 31.7 Å². The lowest BCUT2D eigenvalue weighted by Crippen LogP contribution is -1.83. The standard InChI is InChI=1S/C11H14/c1-3-7-11-9-6-4-5-8-10(11)2/h5-6,8-9H,3,7H2,1-2H3. The largest absolute Gasteiger partial charge is 0.121 e. The van der Waals surface area contributed by atoms with E-state index in [1.54, 1.807) is 0 Å². The zero-order chi connectivity index (χ0) is 8.10. The summed E-state index contributed by atoms with van der Waals surface area (Å²) in [5.74, 6) is 0. The van der Waals surface area contributed by atoms with Gasteiger partial charge in [0, 0.05) is 0 Å². The summed E-state index contributed by atoms with van der Waals surface area (Å²) in [6.07, 6.45) is 10.6. The van der Waals surface area contributed by atoms with Crippen molar-refractivity contribution in [3.8, 4) is 0 Å². The molecule has 0 aromatic rings. The molecule has 0 nitrogen and oxygen atoms in total. The van der Waals surface area contributed by atoms with Gasteiger partial charge in [-0.2, -0.15) is 0 Å². The van der Waals surface area contributed by atoms with Crippen LogP contribution in [-0.2, 0) is 0 Å². The molecule has 0 spiro atoms. The average Bonchev–Trinajstić information content (AvgIpc) is 2.18. The van der Waals surface area contributed by atoms with Crippen molar-refractivity contribution in [2.45, 2.75) is 26.7 Å². The fraction of sp³-hybridized carbons (Fsp3) is 0.364. The molecule has 0 heterocycles. The van der Waals surface area contributed by atoms with Crippen molar-refractivity contribution in [1.29, 1.82) is 0 Å². The lowest BCUT2D eigenvalue weighted by molar-refractivity contribution is 0.912. The molecule has 1 rings (SSSR count). The number of rotatable bonds is 2. The van der Waals surface area contributed by atoms with Crippen LogP contribution in [0, 0.1) is 0 Å². The second-order valence-corrected chi connectivity index (χ2v) is 2.79. The maximum absolute atomic E-state index is 3.06. The van der Waals surface area contributed by atoms with Crippen LogP contribution in [0.4, 0.5) is 0 Å². The molecule has 0 fully saturated rings. The number of hydrogen-bond donors (Lipinski definition) is 0. The molecule has 1 aliphatic carbocycles. The molecule has 0 heteroatoms. The van der Waals surface area contributed by atoms with Crippen LogP contribution in [-0.4, -0.2) is 0 Å². The minimum Gasteiger partial charge on any atom is -0.121 e. The Morgan fingerprint density at radius 2 is 2.00 bits per heavy atom. The minimum atomic E-state index is 1.17. The van der Waals surface area contributed by atoms with E-state index >= 15 is 0 Å². The van der Waals surface area contributed by atoms with Gasteiger partial charge in [0.2, 0.25) is 0 Å². The average molecular weight is 146 g/mol. The lowest BCUT2D eigenvalue weighted by Gasteiger charge is -2.02. The van der Waals surface area contributed by atoms with E-state index in [1.807, 2.05) is 12.2 Å². The van der Waals surface area contributed by atoms with E-state index in [0.717, 1.165) is 0 Å². The molecule has 58 valence electrons. The van der Waals surface area contributed by atoms with Gasteiger partial charge < -0.3 is 0 Å². The molecule has 0 aliphatic heterocycles. The topological polar surface area (TPSA) is 0 Å². The van der Waals surface area contributed by atoms with E-state index in [4.69, 9.17) is 0 Å². The molecule has 11 heavy (non-hydrogen) atoms. The highest BCUT2D eigenvalue weighted by atomic mass is 14.0. The molecule has 0 bridgehead atoms. The van der Waals surface area contributed by atoms with Gasteiger partial charge in [0.25, 0.3) is 0 Å². The Labute approximate surface area is 68.6 Å². The van der Waals surface area contributed by atoms with Crippen molar-refractivity contribution in [2.24, 2.45) is 0 Å². The Hall–Kier alpha value is -1.00. The third kappa shape index (κ3) is 2.25. The molecule has 0 amide bonds. The van der Waals surface area contributed by atoms with Crippen LogP contribution in [0.15, 0.2) is 41.2 Å². The predicted octanol–water partition coefficient (Wildman–Crippen LogP) is 3.38. The van der Waals surface area contributed by atoms with Crippen molar-refractivity contribution >= 4 is 0 Å². The zero-order valence-corrected chi connectivity index (χ0v) is 7.22. The normalized spacial score (nSPS) is 15.8. The molecule has 0 unspecified atom stereocenters. The van der Waals surface area contributed by atoms with Crippen molar-refractivity contribution in [1.82, 2.24) is 0 Å². The lowest BCUT2D eigenvalue weighted by atomic mass is 10.0. The first-order valence-corrected chi connectivity index (χ1v) is 4.13. The van der Waals surface area contributed by atoms with Crippen LogP contribution in [0.2, 0.25) is 0 Å². The van der Waals surface area contributed by atoms with Gasteiger partial charge in [-0.3, -0.25) is 0 Å². The van der Waals surface area contributed by atoms with Crippen LogP contribution in [0.3, 0.4) is 0 Å². The van der Waals surface area contributed by atoms with Gasteiger partial charge in [0.15, 0.2) is 0 Å². The third-order valence-corrected chi connectivity index (χ3v) is 1.84. The van der Waals surface area contributed by atoms with E-state index in [9.17, 15) is 0 Å². The SMILES string of the molecule is CCCC1=CC=C=CC=C1C. The van der Waals surface area contributed by atoms with Gasteiger partial charge in [0.05, 0.1) is 0 Å². The van der Waals surface area contributed by atoms with Gasteiger partial charge in [-0.05, 0) is 36.6 Å². The molecule has 0 saturated carbocycles. The summed E-state index contributed by atoms with van der Waals surface area (Å²) < 4.78 is 0. The van der Waals surface area contributed by atoms with Crippen LogP contribution in [0.25, 0.3) is 0 Å². The first-order valence-electron chi connectivity index (χ1n) is 4.13. The van der Waals surface area contributed by atoms with Gasteiger partial charge in [-0.25, -0.2) is 0 Å². The molecular formula is C11H14. The van der Waals surface area contributed by atoms with Gasteiger partial charge >= 0.3 is 0 Å². The van der Waals surface area contributed by atoms with E-state index in [0.29, 0.717) is 0 Å². The summed E-state index contributed by atoms with van der Waals surface area (Å²) in [6, 6.07) is 0. The summed E-state index contributed by atoms with van der Waals surface area (Å²) in [6.45, 7) is 4.36. The Morgan fingerprint density at radius 1 is 1.27 bits per heavy atom. The third-order valence-electron chi connectivity index (χ3n) is 1.84. The first-order chi connectivity index (χ1) is 5.34. The molecule has 0 aromatic carbocycles. The Morgan fingerprint density at radius 3 is 2.73 bits per heavy atom. The highest BCUT2D eigenvalue weighted by molar-refractivity contribution is 5.36. The summed E-state index contributed by atoms with van der Waals surface area (Å²) in [5, 5.41) is 0. The minimum absolute atomic E-state index is 1.17. The van der Waals surface area contributed by atoms with E-state index < -0.39 is 0 Å². The zero-order valence-electron chi connectivity index (χ0n) is 7.22. The van der Waals surface area contributed by atoms with E-state index in [-0.39, 0.29) is 0 Å². The quantitative estimate of drug-likeness (QED) is 0.524. The fourth-order valence-corrected chi connectivity index (χ4v) is 1.17.